The van der Waals surface area contributed by atoms with Crippen molar-refractivity contribution in [1.82, 2.24) is 4.90 Å². The second-order valence-corrected chi connectivity index (χ2v) is 7.69. The maximum Gasteiger partial charge on any atom is 0.243 e. The number of hydrogen-bond acceptors (Lipinski definition) is 2. The van der Waals surface area contributed by atoms with E-state index in [0.29, 0.717) is 11.3 Å². The van der Waals surface area contributed by atoms with Gasteiger partial charge in [0, 0.05) is 13.1 Å². The van der Waals surface area contributed by atoms with Crippen LogP contribution in [0.1, 0.15) is 65.7 Å². The zero-order valence-electron chi connectivity index (χ0n) is 13.2. The van der Waals surface area contributed by atoms with Crippen molar-refractivity contribution in [2.75, 3.05) is 13.1 Å². The number of hydrogen-bond donors (Lipinski definition) is 0. The summed E-state index contributed by atoms with van der Waals surface area (Å²) in [6, 6.07) is 2.36. The maximum absolute atomic E-state index is 12.8. The van der Waals surface area contributed by atoms with Gasteiger partial charge in [0.2, 0.25) is 5.91 Å². The van der Waals surface area contributed by atoms with Gasteiger partial charge in [-0.05, 0) is 37.0 Å². The van der Waals surface area contributed by atoms with Gasteiger partial charge >= 0.3 is 0 Å². The number of nitriles is 1. The van der Waals surface area contributed by atoms with Crippen molar-refractivity contribution in [2.24, 2.45) is 16.7 Å². The summed E-state index contributed by atoms with van der Waals surface area (Å²) in [5.74, 6) is 0.808. The molecule has 3 nitrogen and oxygen atoms in total. The molecule has 0 spiro atoms. The molecule has 0 atom stereocenters. The third kappa shape index (κ3) is 3.00. The number of carbonyl (C=O) groups excluding carboxylic acids is 1. The largest absolute Gasteiger partial charge is 0.341 e. The predicted octanol–water partition coefficient (Wildman–Crippen LogP) is 3.75. The molecule has 0 aromatic carbocycles. The third-order valence-electron chi connectivity index (χ3n) is 5.34. The van der Waals surface area contributed by atoms with Gasteiger partial charge in [0.1, 0.15) is 5.41 Å². The molecule has 2 aliphatic rings. The van der Waals surface area contributed by atoms with Gasteiger partial charge in [-0.2, -0.15) is 5.26 Å². The van der Waals surface area contributed by atoms with Crippen molar-refractivity contribution in [1.29, 1.82) is 5.26 Å². The number of amides is 1. The van der Waals surface area contributed by atoms with Crippen LogP contribution >= 0.6 is 0 Å². The highest BCUT2D eigenvalue weighted by molar-refractivity contribution is 5.85. The predicted molar refractivity (Wildman–Crippen MR) is 79.9 cm³/mol. The summed E-state index contributed by atoms with van der Waals surface area (Å²) in [5.41, 5.74) is -0.375. The van der Waals surface area contributed by atoms with E-state index in [2.05, 4.69) is 26.8 Å². The first-order valence-electron chi connectivity index (χ1n) is 8.10. The minimum absolute atomic E-state index is 0.118. The van der Waals surface area contributed by atoms with Crippen LogP contribution in [0.15, 0.2) is 0 Å². The number of rotatable bonds is 1. The van der Waals surface area contributed by atoms with E-state index >= 15 is 0 Å². The highest BCUT2D eigenvalue weighted by Crippen LogP contribution is 2.40. The first-order chi connectivity index (χ1) is 9.39. The lowest BCUT2D eigenvalue weighted by molar-refractivity contribution is -0.142. The summed E-state index contributed by atoms with van der Waals surface area (Å²) < 4.78 is 0. The first-order valence-corrected chi connectivity index (χ1v) is 8.10. The molecule has 0 aromatic heterocycles. The molecule has 1 saturated carbocycles. The van der Waals surface area contributed by atoms with Crippen LogP contribution in [-0.2, 0) is 4.79 Å². The van der Waals surface area contributed by atoms with E-state index in [1.165, 1.54) is 6.42 Å². The molecular weight excluding hydrogens is 248 g/mol. The van der Waals surface area contributed by atoms with E-state index in [4.69, 9.17) is 0 Å². The molecule has 0 unspecified atom stereocenters. The second kappa shape index (κ2) is 5.76. The molecule has 1 aliphatic carbocycles. The Balaban J connectivity index is 1.99. The summed E-state index contributed by atoms with van der Waals surface area (Å²) >= 11 is 0. The Morgan fingerprint density at radius 1 is 1.15 bits per heavy atom. The number of likely N-dealkylation sites (tertiary alicyclic amines) is 1. The van der Waals surface area contributed by atoms with Gasteiger partial charge in [0.05, 0.1) is 6.07 Å². The monoisotopic (exact) mass is 276 g/mol. The molecule has 1 heterocycles. The molecule has 1 aliphatic heterocycles. The van der Waals surface area contributed by atoms with Gasteiger partial charge in [-0.25, -0.2) is 0 Å². The van der Waals surface area contributed by atoms with Gasteiger partial charge in [0.25, 0.3) is 0 Å². The van der Waals surface area contributed by atoms with E-state index in [1.807, 2.05) is 4.90 Å². The van der Waals surface area contributed by atoms with Gasteiger partial charge in [-0.1, -0.05) is 40.0 Å². The van der Waals surface area contributed by atoms with E-state index in [9.17, 15) is 10.1 Å². The maximum atomic E-state index is 12.8. The van der Waals surface area contributed by atoms with Crippen LogP contribution < -0.4 is 0 Å². The van der Waals surface area contributed by atoms with Gasteiger partial charge < -0.3 is 4.90 Å². The normalized spacial score (nSPS) is 24.2. The Morgan fingerprint density at radius 3 is 2.15 bits per heavy atom. The summed E-state index contributed by atoms with van der Waals surface area (Å²) in [6.07, 6.45) is 6.91. The topological polar surface area (TPSA) is 44.1 Å². The zero-order valence-corrected chi connectivity index (χ0v) is 13.2. The van der Waals surface area contributed by atoms with E-state index < -0.39 is 5.41 Å². The fraction of sp³-hybridized carbons (Fsp3) is 0.882. The molecule has 112 valence electrons. The van der Waals surface area contributed by atoms with Crippen LogP contribution in [0.3, 0.4) is 0 Å². The minimum Gasteiger partial charge on any atom is -0.341 e. The Kier molecular flexibility index (Phi) is 4.42. The minimum atomic E-state index is -0.702. The average molecular weight is 276 g/mol. The van der Waals surface area contributed by atoms with Crippen LogP contribution in [0.4, 0.5) is 0 Å². The van der Waals surface area contributed by atoms with Crippen molar-refractivity contribution in [3.05, 3.63) is 0 Å². The van der Waals surface area contributed by atoms with Gasteiger partial charge in [-0.15, -0.1) is 0 Å². The lowest BCUT2D eigenvalue weighted by atomic mass is 9.72. The summed E-state index contributed by atoms with van der Waals surface area (Å²) in [5, 5.41) is 9.53. The number of carbonyl (C=O) groups is 1. The highest BCUT2D eigenvalue weighted by atomic mass is 16.2. The fourth-order valence-corrected chi connectivity index (χ4v) is 3.78. The Bertz CT molecular complexity index is 388. The van der Waals surface area contributed by atoms with Crippen molar-refractivity contribution < 1.29 is 4.79 Å². The molecule has 0 N–H and O–H groups in total. The Hall–Kier alpha value is -1.04. The van der Waals surface area contributed by atoms with Crippen molar-refractivity contribution in [2.45, 2.75) is 65.7 Å². The Morgan fingerprint density at radius 2 is 1.70 bits per heavy atom. The zero-order chi connectivity index (χ0) is 14.8. The molecule has 3 heteroatoms. The van der Waals surface area contributed by atoms with Crippen LogP contribution in [-0.4, -0.2) is 23.9 Å². The molecular formula is C17H28N2O. The molecule has 1 saturated heterocycles. The molecule has 20 heavy (non-hydrogen) atoms. The SMILES string of the molecule is CC(C)(C)C1CCN(C(=O)C2(C#N)CCCCC2)CC1. The molecule has 0 radical (unpaired) electrons. The summed E-state index contributed by atoms with van der Waals surface area (Å²) in [7, 11) is 0. The Labute approximate surface area is 123 Å². The van der Waals surface area contributed by atoms with E-state index in [-0.39, 0.29) is 5.91 Å². The second-order valence-electron chi connectivity index (χ2n) is 7.69. The van der Waals surface area contributed by atoms with Crippen LogP contribution in [0.25, 0.3) is 0 Å². The third-order valence-corrected chi connectivity index (χ3v) is 5.34. The highest BCUT2D eigenvalue weighted by Gasteiger charge is 2.43. The van der Waals surface area contributed by atoms with Gasteiger partial charge in [0.15, 0.2) is 0 Å². The lowest BCUT2D eigenvalue weighted by Crippen LogP contribution is -2.48. The van der Waals surface area contributed by atoms with Crippen LogP contribution in [0, 0.1) is 28.1 Å². The van der Waals surface area contributed by atoms with E-state index in [1.54, 1.807) is 0 Å². The van der Waals surface area contributed by atoms with Crippen molar-refractivity contribution >= 4 is 5.91 Å². The summed E-state index contributed by atoms with van der Waals surface area (Å²) in [6.45, 7) is 8.53. The first kappa shape index (κ1) is 15.4. The molecule has 1 amide bonds. The average Bonchev–Trinajstić information content (AvgIpc) is 2.46. The quantitative estimate of drug-likeness (QED) is 0.732. The number of piperidine rings is 1. The van der Waals surface area contributed by atoms with Crippen LogP contribution in [0.5, 0.6) is 0 Å². The lowest BCUT2D eigenvalue weighted by Gasteiger charge is -2.42. The van der Waals surface area contributed by atoms with Crippen LogP contribution in [0.2, 0.25) is 0 Å². The summed E-state index contributed by atoms with van der Waals surface area (Å²) in [4.78, 5) is 14.7. The van der Waals surface area contributed by atoms with E-state index in [0.717, 1.165) is 51.6 Å². The number of nitrogens with zero attached hydrogens (tertiary/aromatic N) is 2. The fourth-order valence-electron chi connectivity index (χ4n) is 3.78. The molecule has 0 bridgehead atoms. The van der Waals surface area contributed by atoms with Crippen molar-refractivity contribution in [3.8, 4) is 6.07 Å². The molecule has 2 rings (SSSR count). The smallest absolute Gasteiger partial charge is 0.243 e. The molecule has 2 fully saturated rings. The molecule has 0 aromatic rings. The van der Waals surface area contributed by atoms with Gasteiger partial charge in [-0.3, -0.25) is 4.79 Å². The standard InChI is InChI=1S/C17H28N2O/c1-16(2,3)14-7-11-19(12-8-14)15(20)17(13-18)9-5-4-6-10-17/h14H,4-12H2,1-3H3. The van der Waals surface area contributed by atoms with Crippen molar-refractivity contribution in [3.63, 3.8) is 0 Å².